The molecule has 1 aliphatic rings. The lowest BCUT2D eigenvalue weighted by atomic mass is 9.98. The lowest BCUT2D eigenvalue weighted by molar-refractivity contribution is -0.121. The molecule has 1 fully saturated rings. The van der Waals surface area contributed by atoms with E-state index in [-0.39, 0.29) is 11.9 Å². The van der Waals surface area contributed by atoms with E-state index in [1.807, 2.05) is 34.7 Å². The van der Waals surface area contributed by atoms with Crippen molar-refractivity contribution in [3.8, 4) is 5.82 Å². The van der Waals surface area contributed by atoms with Gasteiger partial charge in [-0.25, -0.2) is 14.8 Å². The molecule has 0 saturated carbocycles. The minimum Gasteiger partial charge on any atom is -0.356 e. The van der Waals surface area contributed by atoms with Crippen molar-refractivity contribution in [2.75, 3.05) is 19.6 Å². The molecule has 2 aromatic rings. The summed E-state index contributed by atoms with van der Waals surface area (Å²) >= 11 is 0. The molecule has 2 aromatic heterocycles. The second-order valence-electron chi connectivity index (χ2n) is 7.16. The zero-order valence-corrected chi connectivity index (χ0v) is 16.3. The maximum atomic E-state index is 12.5. The van der Waals surface area contributed by atoms with Gasteiger partial charge in [-0.2, -0.15) is 0 Å². The van der Waals surface area contributed by atoms with Crippen molar-refractivity contribution in [1.82, 2.24) is 30.1 Å². The van der Waals surface area contributed by atoms with Crippen molar-refractivity contribution in [3.05, 3.63) is 42.6 Å². The predicted molar refractivity (Wildman–Crippen MR) is 106 cm³/mol. The Morgan fingerprint density at radius 2 is 2.18 bits per heavy atom. The van der Waals surface area contributed by atoms with Gasteiger partial charge in [0.25, 0.3) is 0 Å². The van der Waals surface area contributed by atoms with Crippen LogP contribution in [0.4, 0.5) is 4.79 Å². The predicted octanol–water partition coefficient (Wildman–Crippen LogP) is 2.11. The fraction of sp³-hybridized carbons (Fsp3) is 0.500. The SMILES string of the molecule is CCCC(=O)NCC1CCCN(C(=O)NCc2ccc(-n3ccnc3)nc2)C1. The van der Waals surface area contributed by atoms with Gasteiger partial charge in [0.15, 0.2) is 0 Å². The number of amides is 3. The summed E-state index contributed by atoms with van der Waals surface area (Å²) in [7, 11) is 0. The van der Waals surface area contributed by atoms with Gasteiger partial charge in [-0.05, 0) is 36.8 Å². The highest BCUT2D eigenvalue weighted by Crippen LogP contribution is 2.16. The molecule has 1 saturated heterocycles. The van der Waals surface area contributed by atoms with E-state index < -0.39 is 0 Å². The van der Waals surface area contributed by atoms with Crippen LogP contribution in [0.15, 0.2) is 37.1 Å². The summed E-state index contributed by atoms with van der Waals surface area (Å²) in [6.07, 6.45) is 10.4. The molecular weight excluding hydrogens is 356 g/mol. The number of piperidine rings is 1. The van der Waals surface area contributed by atoms with Crippen LogP contribution in [0.25, 0.3) is 5.82 Å². The lowest BCUT2D eigenvalue weighted by Gasteiger charge is -2.33. The zero-order chi connectivity index (χ0) is 19.8. The number of pyridine rings is 1. The number of hydrogen-bond acceptors (Lipinski definition) is 4. The Morgan fingerprint density at radius 1 is 1.29 bits per heavy atom. The molecule has 1 unspecified atom stereocenters. The number of rotatable bonds is 7. The zero-order valence-electron chi connectivity index (χ0n) is 16.3. The highest BCUT2D eigenvalue weighted by molar-refractivity contribution is 5.76. The Hall–Kier alpha value is -2.90. The third-order valence-electron chi connectivity index (χ3n) is 4.89. The molecule has 28 heavy (non-hydrogen) atoms. The molecule has 3 amide bonds. The molecule has 0 spiro atoms. The van der Waals surface area contributed by atoms with E-state index in [4.69, 9.17) is 0 Å². The summed E-state index contributed by atoms with van der Waals surface area (Å²) in [5, 5.41) is 5.94. The molecule has 2 N–H and O–H groups in total. The molecule has 1 aliphatic heterocycles. The van der Waals surface area contributed by atoms with Crippen molar-refractivity contribution >= 4 is 11.9 Å². The fourth-order valence-electron chi connectivity index (χ4n) is 3.35. The largest absolute Gasteiger partial charge is 0.356 e. The van der Waals surface area contributed by atoms with Crippen LogP contribution in [0, 0.1) is 5.92 Å². The molecule has 8 nitrogen and oxygen atoms in total. The smallest absolute Gasteiger partial charge is 0.317 e. The molecule has 150 valence electrons. The molecule has 8 heteroatoms. The molecule has 0 radical (unpaired) electrons. The third kappa shape index (κ3) is 5.55. The monoisotopic (exact) mass is 384 g/mol. The first kappa shape index (κ1) is 19.9. The van der Waals surface area contributed by atoms with E-state index in [1.54, 1.807) is 18.7 Å². The third-order valence-corrected chi connectivity index (χ3v) is 4.89. The van der Waals surface area contributed by atoms with Crippen LogP contribution < -0.4 is 10.6 Å². The van der Waals surface area contributed by atoms with Crippen molar-refractivity contribution in [2.24, 2.45) is 5.92 Å². The van der Waals surface area contributed by atoms with Crippen molar-refractivity contribution < 1.29 is 9.59 Å². The summed E-state index contributed by atoms with van der Waals surface area (Å²) in [5.74, 6) is 1.20. The number of nitrogens with zero attached hydrogens (tertiary/aromatic N) is 4. The van der Waals surface area contributed by atoms with Gasteiger partial charge in [-0.3, -0.25) is 9.36 Å². The van der Waals surface area contributed by atoms with Crippen molar-refractivity contribution in [2.45, 2.75) is 39.2 Å². The number of imidazole rings is 1. The van der Waals surface area contributed by atoms with E-state index in [9.17, 15) is 9.59 Å². The molecule has 0 aromatic carbocycles. The van der Waals surface area contributed by atoms with Crippen molar-refractivity contribution in [3.63, 3.8) is 0 Å². The second kappa shape index (κ2) is 9.87. The number of aromatic nitrogens is 3. The minimum atomic E-state index is -0.0664. The molecule has 0 aliphatic carbocycles. The van der Waals surface area contributed by atoms with Gasteiger partial charge in [0.2, 0.25) is 5.91 Å². The summed E-state index contributed by atoms with van der Waals surface area (Å²) in [4.78, 5) is 34.4. The van der Waals surface area contributed by atoms with Crippen LogP contribution >= 0.6 is 0 Å². The first-order chi connectivity index (χ1) is 13.7. The highest BCUT2D eigenvalue weighted by atomic mass is 16.2. The Balaban J connectivity index is 1.44. The van der Waals surface area contributed by atoms with Crippen LogP contribution in [0.5, 0.6) is 0 Å². The Bertz CT molecular complexity index is 760. The van der Waals surface area contributed by atoms with Gasteiger partial charge < -0.3 is 15.5 Å². The average Bonchev–Trinajstić information content (AvgIpc) is 3.26. The number of nitrogens with one attached hydrogen (secondary N) is 2. The Morgan fingerprint density at radius 3 is 2.89 bits per heavy atom. The van der Waals surface area contributed by atoms with E-state index in [2.05, 4.69) is 20.6 Å². The molecule has 1 atom stereocenters. The summed E-state index contributed by atoms with van der Waals surface area (Å²) in [6, 6.07) is 3.78. The second-order valence-corrected chi connectivity index (χ2v) is 7.16. The van der Waals surface area contributed by atoms with Gasteiger partial charge in [0, 0.05) is 51.2 Å². The van der Waals surface area contributed by atoms with Crippen LogP contribution in [-0.2, 0) is 11.3 Å². The molecule has 3 rings (SSSR count). The minimum absolute atomic E-state index is 0.0664. The average molecular weight is 384 g/mol. The Kier molecular flexibility index (Phi) is 7.00. The van der Waals surface area contributed by atoms with Crippen molar-refractivity contribution in [1.29, 1.82) is 0 Å². The summed E-state index contributed by atoms with van der Waals surface area (Å²) in [5.41, 5.74) is 0.942. The van der Waals surface area contributed by atoms with Gasteiger partial charge in [0.1, 0.15) is 12.1 Å². The Labute approximate surface area is 165 Å². The summed E-state index contributed by atoms with van der Waals surface area (Å²) < 4.78 is 1.83. The summed E-state index contributed by atoms with van der Waals surface area (Å²) in [6.45, 7) is 4.50. The maximum Gasteiger partial charge on any atom is 0.317 e. The van der Waals surface area contributed by atoms with Gasteiger partial charge >= 0.3 is 6.03 Å². The number of carbonyl (C=O) groups is 2. The van der Waals surface area contributed by atoms with E-state index in [1.165, 1.54) is 0 Å². The number of carbonyl (C=O) groups excluding carboxylic acids is 2. The first-order valence-corrected chi connectivity index (χ1v) is 9.88. The highest BCUT2D eigenvalue weighted by Gasteiger charge is 2.23. The van der Waals surface area contributed by atoms with E-state index in [0.29, 0.717) is 32.0 Å². The number of hydrogen-bond donors (Lipinski definition) is 2. The van der Waals surface area contributed by atoms with Crippen LogP contribution in [0.3, 0.4) is 0 Å². The van der Waals surface area contributed by atoms with Gasteiger partial charge in [-0.15, -0.1) is 0 Å². The van der Waals surface area contributed by atoms with Crippen LogP contribution in [-0.4, -0.2) is 51.0 Å². The molecule has 3 heterocycles. The topological polar surface area (TPSA) is 92.2 Å². The molecule has 0 bridgehead atoms. The van der Waals surface area contributed by atoms with E-state index >= 15 is 0 Å². The fourth-order valence-corrected chi connectivity index (χ4v) is 3.35. The number of likely N-dealkylation sites (tertiary alicyclic amines) is 1. The van der Waals surface area contributed by atoms with Crippen LogP contribution in [0.2, 0.25) is 0 Å². The van der Waals surface area contributed by atoms with E-state index in [0.717, 1.165) is 37.2 Å². The van der Waals surface area contributed by atoms with Gasteiger partial charge in [0.05, 0.1) is 0 Å². The quantitative estimate of drug-likeness (QED) is 0.765. The van der Waals surface area contributed by atoms with Crippen LogP contribution in [0.1, 0.15) is 38.2 Å². The standard InChI is InChI=1S/C20H28N6O2/c1-2-4-19(27)23-13-17-5-3-9-25(14-17)20(28)24-12-16-6-7-18(22-11-16)26-10-8-21-15-26/h6-8,10-11,15,17H,2-5,9,12-14H2,1H3,(H,23,27)(H,24,28). The molecular formula is C20H28N6O2. The first-order valence-electron chi connectivity index (χ1n) is 9.88. The number of urea groups is 1. The maximum absolute atomic E-state index is 12.5. The normalized spacial score (nSPS) is 16.6. The van der Waals surface area contributed by atoms with Gasteiger partial charge in [-0.1, -0.05) is 13.0 Å². The lowest BCUT2D eigenvalue weighted by Crippen LogP contribution is -2.47.